The number of hydrogen-bond donors (Lipinski definition) is 1. The molecule has 198 valence electrons. The van der Waals surface area contributed by atoms with Gasteiger partial charge < -0.3 is 19.3 Å². The average molecular weight is 527 g/mol. The number of ketones is 1. The minimum atomic E-state index is -1.33. The van der Waals surface area contributed by atoms with Crippen LogP contribution in [0.15, 0.2) is 53.3 Å². The molecule has 0 saturated carbocycles. The molecule has 11 nitrogen and oxygen atoms in total. The number of hydrogen-bond acceptors (Lipinski definition) is 9. The summed E-state index contributed by atoms with van der Waals surface area (Å²) in [4.78, 5) is 33.1. The van der Waals surface area contributed by atoms with Gasteiger partial charge in [0.05, 0.1) is 6.20 Å². The summed E-state index contributed by atoms with van der Waals surface area (Å²) in [7, 11) is 1.70. The van der Waals surface area contributed by atoms with Crippen LogP contribution >= 0.6 is 0 Å². The van der Waals surface area contributed by atoms with Crippen LogP contribution < -0.4 is 14.8 Å². The maximum Gasteiger partial charge on any atom is 0.276 e. The first-order chi connectivity index (χ1) is 18.4. The lowest BCUT2D eigenvalue weighted by Gasteiger charge is -2.15. The Morgan fingerprint density at radius 3 is 2.55 bits per heavy atom. The van der Waals surface area contributed by atoms with Gasteiger partial charge in [0.1, 0.15) is 36.3 Å². The van der Waals surface area contributed by atoms with E-state index in [0.29, 0.717) is 24.4 Å². The number of aryl methyl sites for hydroxylation is 1. The Kier molecular flexibility index (Phi) is 8.36. The molecule has 0 saturated heterocycles. The van der Waals surface area contributed by atoms with E-state index in [1.807, 2.05) is 6.92 Å². The van der Waals surface area contributed by atoms with Gasteiger partial charge in [-0.1, -0.05) is 12.1 Å². The van der Waals surface area contributed by atoms with Gasteiger partial charge in [0, 0.05) is 37.4 Å². The number of rotatable bonds is 12. The first-order valence-corrected chi connectivity index (χ1v) is 11.6. The molecule has 0 radical (unpaired) electrons. The van der Waals surface area contributed by atoms with Crippen LogP contribution in [0.2, 0.25) is 0 Å². The number of carbonyl (C=O) groups is 2. The molecule has 0 bridgehead atoms. The lowest BCUT2D eigenvalue weighted by Crippen LogP contribution is -2.21. The molecule has 0 aliphatic rings. The van der Waals surface area contributed by atoms with Crippen molar-refractivity contribution in [3.05, 3.63) is 60.2 Å². The Balaban J connectivity index is 1.54. The van der Waals surface area contributed by atoms with Crippen molar-refractivity contribution in [3.8, 4) is 28.8 Å². The molecule has 4 aromatic rings. The summed E-state index contributed by atoms with van der Waals surface area (Å²) in [6.45, 7) is -0.231. The smallest absolute Gasteiger partial charge is 0.276 e. The zero-order valence-electron chi connectivity index (χ0n) is 20.6. The topological polar surface area (TPSA) is 134 Å². The zero-order valence-corrected chi connectivity index (χ0v) is 20.6. The van der Waals surface area contributed by atoms with Gasteiger partial charge in [0.25, 0.3) is 11.8 Å². The molecule has 13 heteroatoms. The molecule has 4 rings (SSSR count). The molecule has 0 aliphatic heterocycles. The van der Waals surface area contributed by atoms with Gasteiger partial charge in [-0.3, -0.25) is 14.3 Å². The Morgan fingerprint density at radius 2 is 1.89 bits per heavy atom. The monoisotopic (exact) mass is 526 g/mol. The van der Waals surface area contributed by atoms with Crippen molar-refractivity contribution in [2.45, 2.75) is 25.9 Å². The number of anilines is 1. The van der Waals surface area contributed by atoms with Crippen LogP contribution in [0, 0.1) is 0 Å². The van der Waals surface area contributed by atoms with Crippen molar-refractivity contribution in [2.75, 3.05) is 18.7 Å². The summed E-state index contributed by atoms with van der Waals surface area (Å²) in [5, 5.41) is 10.4. The van der Waals surface area contributed by atoms with E-state index >= 15 is 0 Å². The summed E-state index contributed by atoms with van der Waals surface area (Å²) in [5.41, 5.74) is 0.431. The van der Waals surface area contributed by atoms with Crippen LogP contribution in [0.25, 0.3) is 11.6 Å². The van der Waals surface area contributed by atoms with E-state index in [9.17, 15) is 18.4 Å². The van der Waals surface area contributed by atoms with Gasteiger partial charge in [-0.2, -0.15) is 10.1 Å². The summed E-state index contributed by atoms with van der Waals surface area (Å²) in [6.07, 6.45) is 2.67. The number of amides is 1. The third-order valence-electron chi connectivity index (χ3n) is 5.09. The number of Topliss-reactive ketones (excluding diaryl/α,β-unsaturated/α-hetero) is 1. The van der Waals surface area contributed by atoms with E-state index in [0.717, 1.165) is 0 Å². The molecule has 38 heavy (non-hydrogen) atoms. The number of aromatic nitrogens is 5. The molecule has 3 aromatic heterocycles. The number of nitrogens with zero attached hydrogens (tertiary/aromatic N) is 5. The first-order valence-electron chi connectivity index (χ1n) is 11.6. The molecule has 0 spiro atoms. The standard InChI is InChI=1S/C25H24F2N6O5/c1-3-4-21(34)23-30-25(38-32-23)20-6-5-16(14-28-20)36-17-9-15(10-18(11-17)37-19(12-26)13-27)24(35)29-22-7-8-33(2)31-22/h5-11,14,19H,3-4,12-13H2,1-2H3,(H,29,31,35). The van der Waals surface area contributed by atoms with E-state index in [-0.39, 0.29) is 40.3 Å². The van der Waals surface area contributed by atoms with Crippen molar-refractivity contribution in [1.82, 2.24) is 24.9 Å². The fourth-order valence-corrected chi connectivity index (χ4v) is 3.28. The van der Waals surface area contributed by atoms with Crippen molar-refractivity contribution < 1.29 is 32.4 Å². The second kappa shape index (κ2) is 12.0. The fourth-order valence-electron chi connectivity index (χ4n) is 3.28. The van der Waals surface area contributed by atoms with Gasteiger partial charge in [-0.25, -0.2) is 13.8 Å². The second-order valence-corrected chi connectivity index (χ2v) is 8.15. The Hall–Kier alpha value is -4.68. The maximum absolute atomic E-state index is 13.1. The van der Waals surface area contributed by atoms with E-state index in [1.54, 1.807) is 31.4 Å². The van der Waals surface area contributed by atoms with Gasteiger partial charge in [-0.05, 0) is 30.7 Å². The molecule has 0 unspecified atom stereocenters. The Labute approximate surface area is 215 Å². The molecule has 0 fully saturated rings. The van der Waals surface area contributed by atoms with Crippen LogP contribution in [0.5, 0.6) is 17.2 Å². The third-order valence-corrected chi connectivity index (χ3v) is 5.09. The van der Waals surface area contributed by atoms with Crippen molar-refractivity contribution >= 4 is 17.5 Å². The fraction of sp³-hybridized carbons (Fsp3) is 0.280. The van der Waals surface area contributed by atoms with Crippen LogP contribution in [0.1, 0.15) is 40.7 Å². The van der Waals surface area contributed by atoms with Gasteiger partial charge in [-0.15, -0.1) is 0 Å². The molecule has 1 N–H and O–H groups in total. The average Bonchev–Trinajstić information content (AvgIpc) is 3.57. The maximum atomic E-state index is 13.1. The number of alkyl halides is 2. The van der Waals surface area contributed by atoms with E-state index in [4.69, 9.17) is 14.0 Å². The highest BCUT2D eigenvalue weighted by molar-refractivity contribution is 6.04. The SMILES string of the molecule is CCCC(=O)c1noc(-c2ccc(Oc3cc(OC(CF)CF)cc(C(=O)Nc4ccn(C)n4)c3)cn2)n1. The summed E-state index contributed by atoms with van der Waals surface area (Å²) >= 11 is 0. The van der Waals surface area contributed by atoms with E-state index in [1.165, 1.54) is 29.1 Å². The number of benzene rings is 1. The lowest BCUT2D eigenvalue weighted by molar-refractivity contribution is 0.0967. The van der Waals surface area contributed by atoms with E-state index < -0.39 is 25.4 Å². The molecule has 0 atom stereocenters. The normalized spacial score (nSPS) is 11.0. The van der Waals surface area contributed by atoms with Gasteiger partial charge >= 0.3 is 0 Å². The predicted molar refractivity (Wildman–Crippen MR) is 131 cm³/mol. The van der Waals surface area contributed by atoms with Crippen LogP contribution in [0.3, 0.4) is 0 Å². The quantitative estimate of drug-likeness (QED) is 0.263. The Morgan fingerprint density at radius 1 is 1.11 bits per heavy atom. The van der Waals surface area contributed by atoms with Gasteiger partial charge in [0.2, 0.25) is 11.6 Å². The minimum Gasteiger partial charge on any atom is -0.485 e. The van der Waals surface area contributed by atoms with Crippen LogP contribution in [0.4, 0.5) is 14.6 Å². The molecule has 1 aromatic carbocycles. The summed E-state index contributed by atoms with van der Waals surface area (Å²) in [6, 6.07) is 8.90. The molecular formula is C25H24F2N6O5. The van der Waals surface area contributed by atoms with Crippen LogP contribution in [-0.2, 0) is 7.05 Å². The second-order valence-electron chi connectivity index (χ2n) is 8.15. The van der Waals surface area contributed by atoms with Gasteiger partial charge in [0.15, 0.2) is 11.9 Å². The minimum absolute atomic E-state index is 0.0165. The number of pyridine rings is 1. The highest BCUT2D eigenvalue weighted by Crippen LogP contribution is 2.29. The van der Waals surface area contributed by atoms with Crippen molar-refractivity contribution in [2.24, 2.45) is 7.05 Å². The number of nitrogens with one attached hydrogen (secondary N) is 1. The molecular weight excluding hydrogens is 502 g/mol. The highest BCUT2D eigenvalue weighted by atomic mass is 19.1. The van der Waals surface area contributed by atoms with E-state index in [2.05, 4.69) is 25.5 Å². The summed E-state index contributed by atoms with van der Waals surface area (Å²) < 4.78 is 44.0. The lowest BCUT2D eigenvalue weighted by atomic mass is 10.2. The number of halogens is 2. The number of carbonyl (C=O) groups excluding carboxylic acids is 2. The molecule has 3 heterocycles. The zero-order chi connectivity index (χ0) is 27.1. The molecule has 1 amide bonds. The first kappa shape index (κ1) is 26.4. The predicted octanol–water partition coefficient (Wildman–Crippen LogP) is 4.58. The van der Waals surface area contributed by atoms with Crippen LogP contribution in [-0.4, -0.2) is 56.0 Å². The highest BCUT2D eigenvalue weighted by Gasteiger charge is 2.18. The van der Waals surface area contributed by atoms with Crippen molar-refractivity contribution in [3.63, 3.8) is 0 Å². The summed E-state index contributed by atoms with van der Waals surface area (Å²) in [5.74, 6) is 0.0806. The van der Waals surface area contributed by atoms with Crippen molar-refractivity contribution in [1.29, 1.82) is 0 Å². The largest absolute Gasteiger partial charge is 0.485 e. The third kappa shape index (κ3) is 6.55. The Bertz CT molecular complexity index is 1400. The molecule has 0 aliphatic carbocycles. The number of ether oxygens (including phenoxy) is 2.